The van der Waals surface area contributed by atoms with E-state index in [4.69, 9.17) is 16.3 Å². The number of hydrogen-bond donors (Lipinski definition) is 0. The van der Waals surface area contributed by atoms with E-state index in [1.165, 1.54) is 19.2 Å². The average Bonchev–Trinajstić information content (AvgIpc) is 2.43. The number of halogens is 4. The summed E-state index contributed by atoms with van der Waals surface area (Å²) in [5.41, 5.74) is 0.691. The van der Waals surface area contributed by atoms with E-state index < -0.39 is 17.0 Å². The van der Waals surface area contributed by atoms with E-state index in [0.29, 0.717) is 16.9 Å². The Balaban J connectivity index is 2.60. The van der Waals surface area contributed by atoms with Gasteiger partial charge >= 0.3 is 0 Å². The largest absolute Gasteiger partial charge is 0.496 e. The molecule has 20 heavy (non-hydrogen) atoms. The number of rotatable bonds is 3. The maximum absolute atomic E-state index is 14.2. The van der Waals surface area contributed by atoms with Crippen molar-refractivity contribution >= 4 is 27.5 Å². The minimum atomic E-state index is -0.970. The molecule has 2 aromatic rings. The normalized spacial score (nSPS) is 12.3. The fourth-order valence-corrected chi connectivity index (χ4v) is 2.72. The Hall–Kier alpha value is -1.13. The minimum Gasteiger partial charge on any atom is -0.496 e. The van der Waals surface area contributed by atoms with E-state index in [1.54, 1.807) is 25.1 Å². The molecule has 0 aliphatic carbocycles. The average molecular weight is 362 g/mol. The van der Waals surface area contributed by atoms with Crippen LogP contribution in [-0.2, 0) is 0 Å². The van der Waals surface area contributed by atoms with Gasteiger partial charge in [-0.2, -0.15) is 0 Å². The van der Waals surface area contributed by atoms with Gasteiger partial charge in [-0.15, -0.1) is 11.6 Å². The summed E-state index contributed by atoms with van der Waals surface area (Å²) in [5.74, 6) is -0.823. The van der Waals surface area contributed by atoms with Gasteiger partial charge in [0.25, 0.3) is 0 Å². The summed E-state index contributed by atoms with van der Waals surface area (Å²) in [5, 5.41) is -0.970. The zero-order valence-corrected chi connectivity index (χ0v) is 13.2. The molecule has 0 aliphatic heterocycles. The molecule has 2 rings (SSSR count). The Labute approximate surface area is 129 Å². The Morgan fingerprint density at radius 2 is 1.90 bits per heavy atom. The maximum atomic E-state index is 14.2. The molecule has 0 aromatic heterocycles. The van der Waals surface area contributed by atoms with E-state index in [0.717, 1.165) is 4.47 Å². The molecule has 106 valence electrons. The van der Waals surface area contributed by atoms with E-state index in [9.17, 15) is 8.78 Å². The van der Waals surface area contributed by atoms with Crippen LogP contribution in [0.25, 0.3) is 0 Å². The van der Waals surface area contributed by atoms with Crippen LogP contribution in [0.5, 0.6) is 5.75 Å². The van der Waals surface area contributed by atoms with Crippen molar-refractivity contribution in [1.29, 1.82) is 0 Å². The molecule has 0 saturated heterocycles. The molecule has 0 amide bonds. The van der Waals surface area contributed by atoms with Crippen molar-refractivity contribution in [2.24, 2.45) is 0 Å². The molecule has 0 bridgehead atoms. The molecule has 1 unspecified atom stereocenters. The lowest BCUT2D eigenvalue weighted by Gasteiger charge is -2.17. The van der Waals surface area contributed by atoms with Gasteiger partial charge in [-0.05, 0) is 36.8 Å². The highest BCUT2D eigenvalue weighted by molar-refractivity contribution is 9.10. The molecular weight excluding hydrogens is 350 g/mol. The summed E-state index contributed by atoms with van der Waals surface area (Å²) < 4.78 is 34.0. The Morgan fingerprint density at radius 3 is 2.55 bits per heavy atom. The second-order valence-corrected chi connectivity index (χ2v) is 5.69. The lowest BCUT2D eigenvalue weighted by molar-refractivity contribution is 0.409. The quantitative estimate of drug-likeness (QED) is 0.668. The van der Waals surface area contributed by atoms with Crippen LogP contribution in [0, 0.1) is 18.6 Å². The van der Waals surface area contributed by atoms with Crippen molar-refractivity contribution in [2.45, 2.75) is 12.3 Å². The molecule has 1 nitrogen and oxygen atoms in total. The van der Waals surface area contributed by atoms with Crippen LogP contribution >= 0.6 is 27.5 Å². The van der Waals surface area contributed by atoms with Crippen LogP contribution in [-0.4, -0.2) is 7.11 Å². The number of hydrogen-bond acceptors (Lipinski definition) is 1. The summed E-state index contributed by atoms with van der Waals surface area (Å²) in [6.45, 7) is 1.57. The second kappa shape index (κ2) is 6.10. The molecule has 0 heterocycles. The summed E-state index contributed by atoms with van der Waals surface area (Å²) in [7, 11) is 1.49. The Kier molecular flexibility index (Phi) is 4.66. The second-order valence-electron chi connectivity index (χ2n) is 4.34. The van der Waals surface area contributed by atoms with Crippen molar-refractivity contribution in [3.8, 4) is 5.75 Å². The van der Waals surface area contributed by atoms with Gasteiger partial charge in [-0.3, -0.25) is 0 Å². The van der Waals surface area contributed by atoms with Gasteiger partial charge in [0.15, 0.2) is 0 Å². The third kappa shape index (κ3) is 2.81. The number of alkyl halides is 1. The number of methoxy groups -OCH3 is 1. The molecule has 2 aromatic carbocycles. The van der Waals surface area contributed by atoms with Crippen LogP contribution in [0.1, 0.15) is 22.1 Å². The predicted octanol–water partition coefficient (Wildman–Crippen LogP) is 5.37. The van der Waals surface area contributed by atoms with Crippen LogP contribution < -0.4 is 4.74 Å². The molecule has 5 heteroatoms. The van der Waals surface area contributed by atoms with Crippen molar-refractivity contribution < 1.29 is 13.5 Å². The van der Waals surface area contributed by atoms with Gasteiger partial charge < -0.3 is 4.74 Å². The van der Waals surface area contributed by atoms with Gasteiger partial charge in [0, 0.05) is 15.6 Å². The van der Waals surface area contributed by atoms with Gasteiger partial charge in [-0.25, -0.2) is 8.78 Å². The topological polar surface area (TPSA) is 9.23 Å². The molecule has 0 fully saturated rings. The van der Waals surface area contributed by atoms with Crippen molar-refractivity contribution in [1.82, 2.24) is 0 Å². The molecule has 0 N–H and O–H groups in total. The SMILES string of the molecule is COc1ccc(Br)cc1C(Cl)c1c(F)ccc(C)c1F. The van der Waals surface area contributed by atoms with Crippen LogP contribution in [0.2, 0.25) is 0 Å². The van der Waals surface area contributed by atoms with Gasteiger partial charge in [0.05, 0.1) is 12.5 Å². The molecule has 0 aliphatic rings. The van der Waals surface area contributed by atoms with Gasteiger partial charge in [0.2, 0.25) is 0 Å². The molecular formula is C15H12BrClF2O. The first-order valence-electron chi connectivity index (χ1n) is 5.87. The summed E-state index contributed by atoms with van der Waals surface area (Å²) in [6, 6.07) is 7.76. The van der Waals surface area contributed by atoms with Crippen LogP contribution in [0.3, 0.4) is 0 Å². The lowest BCUT2D eigenvalue weighted by Crippen LogP contribution is -2.04. The maximum Gasteiger partial charge on any atom is 0.134 e. The standard InChI is InChI=1S/C15H12BrClF2O/c1-8-3-5-11(18)13(15(8)19)14(17)10-7-9(16)4-6-12(10)20-2/h3-7,14H,1-2H3. The van der Waals surface area contributed by atoms with E-state index >= 15 is 0 Å². The minimum absolute atomic E-state index is 0.164. The highest BCUT2D eigenvalue weighted by Crippen LogP contribution is 2.39. The highest BCUT2D eigenvalue weighted by atomic mass is 79.9. The van der Waals surface area contributed by atoms with Crippen molar-refractivity contribution in [3.05, 3.63) is 63.1 Å². The number of aryl methyl sites for hydroxylation is 1. The van der Waals surface area contributed by atoms with Crippen molar-refractivity contribution in [3.63, 3.8) is 0 Å². The Bertz CT molecular complexity index is 646. The summed E-state index contributed by atoms with van der Waals surface area (Å²) in [6.07, 6.45) is 0. The smallest absolute Gasteiger partial charge is 0.134 e. The van der Waals surface area contributed by atoms with Gasteiger partial charge in [-0.1, -0.05) is 22.0 Å². The predicted molar refractivity (Wildman–Crippen MR) is 79.5 cm³/mol. The monoisotopic (exact) mass is 360 g/mol. The highest BCUT2D eigenvalue weighted by Gasteiger charge is 2.24. The van der Waals surface area contributed by atoms with E-state index in [-0.39, 0.29) is 5.56 Å². The van der Waals surface area contributed by atoms with Crippen molar-refractivity contribution in [2.75, 3.05) is 7.11 Å². The molecule has 1 atom stereocenters. The van der Waals surface area contributed by atoms with Gasteiger partial charge in [0.1, 0.15) is 17.4 Å². The third-order valence-corrected chi connectivity index (χ3v) is 3.98. The lowest BCUT2D eigenvalue weighted by atomic mass is 10.0. The first-order chi connectivity index (χ1) is 9.45. The van der Waals surface area contributed by atoms with E-state index in [2.05, 4.69) is 15.9 Å². The zero-order chi connectivity index (χ0) is 14.9. The number of benzene rings is 2. The fourth-order valence-electron chi connectivity index (χ4n) is 1.97. The number of ether oxygens (including phenoxy) is 1. The fraction of sp³-hybridized carbons (Fsp3) is 0.200. The van der Waals surface area contributed by atoms with Crippen LogP contribution in [0.15, 0.2) is 34.8 Å². The van der Waals surface area contributed by atoms with Crippen LogP contribution in [0.4, 0.5) is 8.78 Å². The summed E-state index contributed by atoms with van der Waals surface area (Å²) in [4.78, 5) is 0. The molecule has 0 saturated carbocycles. The first kappa shape index (κ1) is 15.3. The molecule has 0 radical (unpaired) electrons. The first-order valence-corrected chi connectivity index (χ1v) is 7.10. The zero-order valence-electron chi connectivity index (χ0n) is 10.9. The third-order valence-electron chi connectivity index (χ3n) is 3.04. The van der Waals surface area contributed by atoms with E-state index in [1.807, 2.05) is 0 Å². The molecule has 0 spiro atoms. The Morgan fingerprint density at radius 1 is 1.20 bits per heavy atom. The summed E-state index contributed by atoms with van der Waals surface area (Å²) >= 11 is 9.61.